The highest BCUT2D eigenvalue weighted by Gasteiger charge is 2.14. The summed E-state index contributed by atoms with van der Waals surface area (Å²) in [5, 5.41) is 23.4. The molecular weight excluding hydrogens is 310 g/mol. The second-order valence-corrected chi connectivity index (χ2v) is 5.09. The number of rotatable bonds is 5. The first-order valence-electron chi connectivity index (χ1n) is 5.96. The molecule has 0 fully saturated rings. The summed E-state index contributed by atoms with van der Waals surface area (Å²) in [4.78, 5) is 25.7. The molecule has 1 aromatic heterocycles. The van der Waals surface area contributed by atoms with Gasteiger partial charge in [0, 0.05) is 12.1 Å². The minimum atomic E-state index is -0.637. The Hall–Kier alpha value is -2.85. The van der Waals surface area contributed by atoms with Gasteiger partial charge in [0.25, 0.3) is 11.6 Å². The van der Waals surface area contributed by atoms with E-state index in [1.54, 1.807) is 24.5 Å². The molecule has 0 aliphatic heterocycles. The van der Waals surface area contributed by atoms with Crippen LogP contribution in [0.15, 0.2) is 29.4 Å². The SMILES string of the molecule is Cc1nc(N/N=C/c2ccc([N+](=O)[O-])cc2)sc1C(=O)NO. The van der Waals surface area contributed by atoms with Gasteiger partial charge < -0.3 is 0 Å². The predicted molar refractivity (Wildman–Crippen MR) is 80.4 cm³/mol. The second kappa shape index (κ2) is 6.74. The zero-order chi connectivity index (χ0) is 16.1. The molecule has 9 nitrogen and oxygen atoms in total. The predicted octanol–water partition coefficient (Wildman–Crippen LogP) is 1.92. The quantitative estimate of drug-likeness (QED) is 0.334. The molecule has 1 aromatic carbocycles. The van der Waals surface area contributed by atoms with Gasteiger partial charge in [-0.15, -0.1) is 0 Å². The third kappa shape index (κ3) is 3.62. The van der Waals surface area contributed by atoms with Crippen LogP contribution in [0, 0.1) is 17.0 Å². The monoisotopic (exact) mass is 321 g/mol. The van der Waals surface area contributed by atoms with Gasteiger partial charge in [0.15, 0.2) is 0 Å². The van der Waals surface area contributed by atoms with Gasteiger partial charge in [-0.2, -0.15) is 5.10 Å². The van der Waals surface area contributed by atoms with Gasteiger partial charge in [0.2, 0.25) is 5.13 Å². The number of aromatic nitrogens is 1. The summed E-state index contributed by atoms with van der Waals surface area (Å²) in [7, 11) is 0. The van der Waals surface area contributed by atoms with Crippen molar-refractivity contribution in [2.45, 2.75) is 6.92 Å². The van der Waals surface area contributed by atoms with E-state index in [2.05, 4.69) is 15.5 Å². The number of hydrogen-bond acceptors (Lipinski definition) is 8. The molecule has 0 unspecified atom stereocenters. The van der Waals surface area contributed by atoms with Crippen LogP contribution in [0.5, 0.6) is 0 Å². The van der Waals surface area contributed by atoms with Crippen LogP contribution in [0.1, 0.15) is 20.9 Å². The van der Waals surface area contributed by atoms with Crippen LogP contribution in [0.4, 0.5) is 10.8 Å². The van der Waals surface area contributed by atoms with Crippen molar-refractivity contribution in [2.24, 2.45) is 5.10 Å². The summed E-state index contributed by atoms with van der Waals surface area (Å²) in [5.41, 5.74) is 5.32. The summed E-state index contributed by atoms with van der Waals surface area (Å²) in [6, 6.07) is 5.86. The number of anilines is 1. The topological polar surface area (TPSA) is 130 Å². The number of hydroxylamine groups is 1. The lowest BCUT2D eigenvalue weighted by molar-refractivity contribution is -0.384. The molecule has 0 saturated heterocycles. The van der Waals surface area contributed by atoms with Crippen molar-refractivity contribution in [3.63, 3.8) is 0 Å². The molecule has 1 amide bonds. The Morgan fingerprint density at radius 1 is 1.45 bits per heavy atom. The Morgan fingerprint density at radius 2 is 2.14 bits per heavy atom. The number of hydrazone groups is 1. The molecule has 10 heteroatoms. The van der Waals surface area contributed by atoms with Crippen LogP contribution in [0.25, 0.3) is 0 Å². The molecule has 0 atom stereocenters. The highest BCUT2D eigenvalue weighted by Crippen LogP contribution is 2.22. The lowest BCUT2D eigenvalue weighted by Gasteiger charge is -1.94. The first kappa shape index (κ1) is 15.5. The minimum absolute atomic E-state index is 0.000292. The summed E-state index contributed by atoms with van der Waals surface area (Å²) < 4.78 is 0. The Kier molecular flexibility index (Phi) is 4.76. The van der Waals surface area contributed by atoms with E-state index in [1.807, 2.05) is 0 Å². The number of non-ortho nitro benzene ring substituents is 1. The summed E-state index contributed by atoms with van der Waals surface area (Å²) in [6.45, 7) is 1.63. The highest BCUT2D eigenvalue weighted by molar-refractivity contribution is 7.17. The fraction of sp³-hybridized carbons (Fsp3) is 0.0833. The maximum absolute atomic E-state index is 11.3. The molecule has 0 spiro atoms. The molecule has 0 aliphatic rings. The molecule has 3 N–H and O–H groups in total. The van der Waals surface area contributed by atoms with Crippen molar-refractivity contribution in [3.05, 3.63) is 50.5 Å². The molecule has 0 bridgehead atoms. The van der Waals surface area contributed by atoms with Crippen molar-refractivity contribution in [3.8, 4) is 0 Å². The zero-order valence-corrected chi connectivity index (χ0v) is 12.1. The molecule has 22 heavy (non-hydrogen) atoms. The largest absolute Gasteiger partial charge is 0.288 e. The number of nitrogens with one attached hydrogen (secondary N) is 2. The number of carbonyl (C=O) groups excluding carboxylic acids is 1. The number of amides is 1. The Bertz CT molecular complexity index is 726. The molecule has 114 valence electrons. The number of benzene rings is 1. The van der Waals surface area contributed by atoms with E-state index in [0.29, 0.717) is 16.4 Å². The van der Waals surface area contributed by atoms with Crippen LogP contribution in [0.3, 0.4) is 0 Å². The van der Waals surface area contributed by atoms with E-state index in [0.717, 1.165) is 11.3 Å². The number of nitrogens with zero attached hydrogens (tertiary/aromatic N) is 3. The van der Waals surface area contributed by atoms with E-state index in [9.17, 15) is 14.9 Å². The number of thiazole rings is 1. The van der Waals surface area contributed by atoms with Gasteiger partial charge in [-0.3, -0.25) is 25.5 Å². The standard InChI is InChI=1S/C12H11N5O4S/c1-7-10(11(18)16-19)22-12(14-7)15-13-6-8-2-4-9(5-3-8)17(20)21/h2-6,19H,1H3,(H,14,15)(H,16,18)/b13-6+. The van der Waals surface area contributed by atoms with Gasteiger partial charge >= 0.3 is 0 Å². The van der Waals surface area contributed by atoms with Crippen LogP contribution in [0.2, 0.25) is 0 Å². The Labute approximate surface area is 128 Å². The summed E-state index contributed by atoms with van der Waals surface area (Å²) in [5.74, 6) is -0.637. The second-order valence-electron chi connectivity index (χ2n) is 4.09. The lowest BCUT2D eigenvalue weighted by Crippen LogP contribution is -2.18. The maximum Gasteiger partial charge on any atom is 0.286 e. The van der Waals surface area contributed by atoms with Crippen LogP contribution in [-0.4, -0.2) is 27.2 Å². The van der Waals surface area contributed by atoms with E-state index in [-0.39, 0.29) is 10.6 Å². The number of aryl methyl sites for hydroxylation is 1. The lowest BCUT2D eigenvalue weighted by atomic mass is 10.2. The first-order chi connectivity index (χ1) is 10.5. The normalized spacial score (nSPS) is 10.6. The van der Waals surface area contributed by atoms with Gasteiger partial charge in [0.1, 0.15) is 4.88 Å². The third-order valence-corrected chi connectivity index (χ3v) is 3.64. The van der Waals surface area contributed by atoms with Gasteiger partial charge in [0.05, 0.1) is 16.8 Å². The van der Waals surface area contributed by atoms with Crippen molar-refractivity contribution >= 4 is 34.3 Å². The van der Waals surface area contributed by atoms with Crippen molar-refractivity contribution in [1.29, 1.82) is 0 Å². The van der Waals surface area contributed by atoms with Gasteiger partial charge in [-0.1, -0.05) is 11.3 Å². The maximum atomic E-state index is 11.3. The van der Waals surface area contributed by atoms with E-state index in [4.69, 9.17) is 5.21 Å². The smallest absolute Gasteiger partial charge is 0.286 e. The minimum Gasteiger partial charge on any atom is -0.288 e. The molecule has 2 aromatic rings. The third-order valence-electron chi connectivity index (χ3n) is 2.58. The summed E-state index contributed by atoms with van der Waals surface area (Å²) >= 11 is 1.04. The highest BCUT2D eigenvalue weighted by atomic mass is 32.1. The summed E-state index contributed by atoms with van der Waals surface area (Å²) in [6.07, 6.45) is 1.46. The van der Waals surface area contributed by atoms with Crippen LogP contribution < -0.4 is 10.9 Å². The molecular formula is C12H11N5O4S. The van der Waals surface area contributed by atoms with Crippen LogP contribution >= 0.6 is 11.3 Å². The number of hydrogen-bond donors (Lipinski definition) is 3. The van der Waals surface area contributed by atoms with E-state index >= 15 is 0 Å². The van der Waals surface area contributed by atoms with Crippen LogP contribution in [-0.2, 0) is 0 Å². The average Bonchev–Trinajstić information content (AvgIpc) is 2.88. The van der Waals surface area contributed by atoms with E-state index in [1.165, 1.54) is 18.3 Å². The van der Waals surface area contributed by atoms with Crippen molar-refractivity contribution in [1.82, 2.24) is 10.5 Å². The molecule has 1 heterocycles. The van der Waals surface area contributed by atoms with Crippen molar-refractivity contribution < 1.29 is 14.9 Å². The fourth-order valence-corrected chi connectivity index (χ4v) is 2.36. The Balaban J connectivity index is 2.03. The number of nitro benzene ring substituents is 1. The van der Waals surface area contributed by atoms with Gasteiger partial charge in [-0.25, -0.2) is 10.5 Å². The first-order valence-corrected chi connectivity index (χ1v) is 6.78. The number of nitro groups is 1. The van der Waals surface area contributed by atoms with E-state index < -0.39 is 10.8 Å². The average molecular weight is 321 g/mol. The molecule has 0 saturated carbocycles. The Morgan fingerprint density at radius 3 is 2.73 bits per heavy atom. The van der Waals surface area contributed by atoms with Gasteiger partial charge in [-0.05, 0) is 24.6 Å². The molecule has 0 radical (unpaired) electrons. The number of carbonyl (C=O) groups is 1. The fourth-order valence-electron chi connectivity index (χ4n) is 1.55. The zero-order valence-electron chi connectivity index (χ0n) is 11.3. The molecule has 2 rings (SSSR count). The molecule has 0 aliphatic carbocycles. The van der Waals surface area contributed by atoms with Crippen molar-refractivity contribution in [2.75, 3.05) is 5.43 Å².